The van der Waals surface area contributed by atoms with Crippen LogP contribution in [0.1, 0.15) is 38.8 Å². The maximum absolute atomic E-state index is 3.65. The van der Waals surface area contributed by atoms with Crippen molar-refractivity contribution in [1.82, 2.24) is 9.97 Å². The number of halogens is 1. The van der Waals surface area contributed by atoms with Crippen LogP contribution in [0.4, 0.5) is 4.70 Å². The normalized spacial score (nSPS) is 10.3. The average Bonchev–Trinajstić information content (AvgIpc) is 3.28. The molecule has 0 amide bonds. The van der Waals surface area contributed by atoms with Crippen LogP contribution in [0.3, 0.4) is 0 Å². The maximum atomic E-state index is 3.65. The molecular weight excluding hydrogens is 335 g/mol. The summed E-state index contributed by atoms with van der Waals surface area (Å²) in [7, 11) is 0. The highest BCUT2D eigenvalue weighted by atomic mass is 19.0. The van der Waals surface area contributed by atoms with Crippen LogP contribution in [0.25, 0.3) is 43.6 Å². The fourth-order valence-electron chi connectivity index (χ4n) is 3.78. The van der Waals surface area contributed by atoms with E-state index in [1.165, 1.54) is 54.7 Å². The van der Waals surface area contributed by atoms with Gasteiger partial charge in [0.25, 0.3) is 0 Å². The van der Waals surface area contributed by atoms with Crippen LogP contribution in [-0.4, -0.2) is 9.97 Å². The molecule has 0 bridgehead atoms. The van der Waals surface area contributed by atoms with Gasteiger partial charge in [-0.15, -0.1) is 0 Å². The van der Waals surface area contributed by atoms with Crippen LogP contribution in [0, 0.1) is 13.8 Å². The number of rotatable bonds is 0. The number of aromatic nitrogens is 2. The molecule has 0 aliphatic heterocycles. The van der Waals surface area contributed by atoms with Crippen molar-refractivity contribution in [2.45, 2.75) is 41.5 Å². The summed E-state index contributed by atoms with van der Waals surface area (Å²) in [6, 6.07) is 17.1. The first-order valence-electron chi connectivity index (χ1n) is 9.65. The van der Waals surface area contributed by atoms with E-state index in [1.54, 1.807) is 0 Å². The monoisotopic (exact) mass is 364 g/mol. The van der Waals surface area contributed by atoms with E-state index in [0.717, 1.165) is 0 Å². The van der Waals surface area contributed by atoms with Crippen LogP contribution in [-0.2, 0) is 0 Å². The van der Waals surface area contributed by atoms with E-state index in [2.05, 4.69) is 72.3 Å². The van der Waals surface area contributed by atoms with Crippen molar-refractivity contribution in [3.63, 3.8) is 0 Å². The lowest BCUT2D eigenvalue weighted by Gasteiger charge is -2.06. The molecule has 0 saturated carbocycles. The van der Waals surface area contributed by atoms with Crippen molar-refractivity contribution in [1.29, 1.82) is 0 Å². The van der Waals surface area contributed by atoms with E-state index < -0.39 is 0 Å². The molecule has 0 spiro atoms. The molecule has 0 radical (unpaired) electrons. The largest absolute Gasteiger partial charge is 0.354 e. The Morgan fingerprint density at radius 2 is 1.00 bits per heavy atom. The predicted octanol–water partition coefficient (Wildman–Crippen LogP) is 7.78. The number of fused-ring (bicyclic) bond motifs is 7. The SMILES string of the molecule is CC.CC.Cc1c(C)c2c3ccccc3[nH]c2c2c1[nH]c1ccccc12.F. The molecule has 5 aromatic rings. The molecule has 2 heterocycles. The van der Waals surface area contributed by atoms with Gasteiger partial charge < -0.3 is 9.97 Å². The highest BCUT2D eigenvalue weighted by molar-refractivity contribution is 6.26. The molecule has 0 fully saturated rings. The van der Waals surface area contributed by atoms with Gasteiger partial charge in [-0.25, -0.2) is 0 Å². The Morgan fingerprint density at radius 1 is 0.556 bits per heavy atom. The zero-order chi connectivity index (χ0) is 18.8. The van der Waals surface area contributed by atoms with E-state index in [0.29, 0.717) is 0 Å². The lowest BCUT2D eigenvalue weighted by molar-refractivity contribution is 1.11. The Morgan fingerprint density at radius 3 is 1.56 bits per heavy atom. The minimum absolute atomic E-state index is 0. The standard InChI is InChI=1S/C20H16N2.2C2H6.FH/c1-11-12(2)19-18(14-8-4-6-10-16(14)21-19)20-17(11)13-7-3-5-9-15(13)22-20;2*1-2;/h3-10,21-22H,1-2H3;2*1-2H3;1H. The molecule has 142 valence electrons. The molecule has 2 nitrogen and oxygen atoms in total. The van der Waals surface area contributed by atoms with E-state index in [1.807, 2.05) is 27.7 Å². The number of aryl methyl sites for hydroxylation is 2. The third-order valence-corrected chi connectivity index (χ3v) is 4.97. The maximum Gasteiger partial charge on any atom is 0.0569 e. The summed E-state index contributed by atoms with van der Waals surface area (Å²) in [6.07, 6.45) is 0. The number of H-pyrrole nitrogens is 2. The second-order valence-electron chi connectivity index (χ2n) is 6.09. The summed E-state index contributed by atoms with van der Waals surface area (Å²) < 4.78 is 0. The van der Waals surface area contributed by atoms with Gasteiger partial charge in [-0.2, -0.15) is 0 Å². The third kappa shape index (κ3) is 2.97. The first-order valence-corrected chi connectivity index (χ1v) is 9.65. The minimum Gasteiger partial charge on any atom is -0.354 e. The molecule has 0 aliphatic rings. The van der Waals surface area contributed by atoms with Crippen LogP contribution >= 0.6 is 0 Å². The van der Waals surface area contributed by atoms with Gasteiger partial charge in [0.15, 0.2) is 0 Å². The van der Waals surface area contributed by atoms with Gasteiger partial charge in [-0.3, -0.25) is 4.70 Å². The van der Waals surface area contributed by atoms with Crippen molar-refractivity contribution >= 4 is 43.6 Å². The number of benzene rings is 3. The van der Waals surface area contributed by atoms with Gasteiger partial charge in [0.2, 0.25) is 0 Å². The highest BCUT2D eigenvalue weighted by Gasteiger charge is 2.16. The van der Waals surface area contributed by atoms with Gasteiger partial charge in [-0.1, -0.05) is 64.1 Å². The average molecular weight is 365 g/mol. The minimum atomic E-state index is 0. The topological polar surface area (TPSA) is 31.6 Å². The summed E-state index contributed by atoms with van der Waals surface area (Å²) in [5.41, 5.74) is 7.59. The quantitative estimate of drug-likeness (QED) is 0.281. The lowest BCUT2D eigenvalue weighted by atomic mass is 9.98. The highest BCUT2D eigenvalue weighted by Crippen LogP contribution is 2.39. The molecule has 27 heavy (non-hydrogen) atoms. The molecule has 0 aliphatic carbocycles. The summed E-state index contributed by atoms with van der Waals surface area (Å²) in [5.74, 6) is 0. The van der Waals surface area contributed by atoms with Crippen molar-refractivity contribution in [3.8, 4) is 0 Å². The molecule has 2 aromatic heterocycles. The van der Waals surface area contributed by atoms with Crippen LogP contribution in [0.15, 0.2) is 48.5 Å². The molecule has 3 heteroatoms. The zero-order valence-electron chi connectivity index (χ0n) is 17.0. The number of nitrogens with one attached hydrogen (secondary N) is 2. The second kappa shape index (κ2) is 8.26. The van der Waals surface area contributed by atoms with Gasteiger partial charge in [0.05, 0.1) is 11.0 Å². The second-order valence-corrected chi connectivity index (χ2v) is 6.09. The Labute approximate surface area is 160 Å². The van der Waals surface area contributed by atoms with Gasteiger partial charge >= 0.3 is 0 Å². The Bertz CT molecular complexity index is 1200. The Balaban J connectivity index is 0.000000493. The number of aromatic amines is 2. The van der Waals surface area contributed by atoms with Gasteiger partial charge in [0, 0.05) is 32.6 Å². The van der Waals surface area contributed by atoms with Gasteiger partial charge in [-0.05, 0) is 37.1 Å². The van der Waals surface area contributed by atoms with Crippen molar-refractivity contribution < 1.29 is 4.70 Å². The fraction of sp³-hybridized carbons (Fsp3) is 0.250. The smallest absolute Gasteiger partial charge is 0.0569 e. The van der Waals surface area contributed by atoms with Crippen LogP contribution in [0.5, 0.6) is 0 Å². The van der Waals surface area contributed by atoms with Crippen LogP contribution < -0.4 is 0 Å². The van der Waals surface area contributed by atoms with E-state index in [4.69, 9.17) is 0 Å². The molecule has 0 atom stereocenters. The fourth-order valence-corrected chi connectivity index (χ4v) is 3.78. The third-order valence-electron chi connectivity index (χ3n) is 4.97. The molecule has 2 N–H and O–H groups in total. The Kier molecular flexibility index (Phi) is 6.27. The summed E-state index contributed by atoms with van der Waals surface area (Å²) >= 11 is 0. The summed E-state index contributed by atoms with van der Waals surface area (Å²) in [5, 5.41) is 5.26. The van der Waals surface area contributed by atoms with E-state index in [-0.39, 0.29) is 4.70 Å². The molecule has 0 unspecified atom stereocenters. The Hall–Kier alpha value is -2.81. The van der Waals surface area contributed by atoms with Crippen LogP contribution in [0.2, 0.25) is 0 Å². The first kappa shape index (κ1) is 20.5. The van der Waals surface area contributed by atoms with Crippen molar-refractivity contribution in [2.75, 3.05) is 0 Å². The first-order chi connectivity index (χ1) is 12.8. The summed E-state index contributed by atoms with van der Waals surface area (Å²) in [4.78, 5) is 7.25. The van der Waals surface area contributed by atoms with Crippen molar-refractivity contribution in [2.24, 2.45) is 0 Å². The van der Waals surface area contributed by atoms with E-state index >= 15 is 0 Å². The predicted molar refractivity (Wildman–Crippen MR) is 120 cm³/mol. The number of hydrogen-bond acceptors (Lipinski definition) is 0. The lowest BCUT2D eigenvalue weighted by Crippen LogP contribution is -1.85. The molecule has 5 rings (SSSR count). The molecular formula is C24H29FN2. The van der Waals surface area contributed by atoms with Gasteiger partial charge in [0.1, 0.15) is 0 Å². The number of para-hydroxylation sites is 2. The van der Waals surface area contributed by atoms with Crippen molar-refractivity contribution in [3.05, 3.63) is 59.7 Å². The molecule has 3 aromatic carbocycles. The summed E-state index contributed by atoms with van der Waals surface area (Å²) in [6.45, 7) is 12.4. The van der Waals surface area contributed by atoms with E-state index in [9.17, 15) is 0 Å². The zero-order valence-corrected chi connectivity index (χ0v) is 17.0. The molecule has 0 saturated heterocycles. The number of hydrogen-bond donors (Lipinski definition) is 2.